The molecular weight excluding hydrogens is 357 g/mol. The largest absolute Gasteiger partial charge is 0.341 e. The SMILES string of the molecule is CC1(C)c2cc(Cl)ccc2N(CCC2NNNN2)c2ccc(Cl)cc21. The zero-order valence-electron chi connectivity index (χ0n) is 14.2. The highest BCUT2D eigenvalue weighted by atomic mass is 35.5. The lowest BCUT2D eigenvalue weighted by Crippen LogP contribution is -2.39. The highest BCUT2D eigenvalue weighted by Gasteiger charge is 2.36. The van der Waals surface area contributed by atoms with Crippen molar-refractivity contribution in [2.45, 2.75) is 31.8 Å². The maximum Gasteiger partial charge on any atom is 0.0876 e. The van der Waals surface area contributed by atoms with Crippen molar-refractivity contribution in [2.24, 2.45) is 0 Å². The van der Waals surface area contributed by atoms with E-state index < -0.39 is 0 Å². The average molecular weight is 378 g/mol. The van der Waals surface area contributed by atoms with Crippen LogP contribution in [0.4, 0.5) is 11.4 Å². The molecule has 2 aliphatic heterocycles. The van der Waals surface area contributed by atoms with E-state index >= 15 is 0 Å². The molecule has 0 spiro atoms. The molecule has 0 aliphatic carbocycles. The van der Waals surface area contributed by atoms with Gasteiger partial charge in [-0.1, -0.05) is 37.0 Å². The van der Waals surface area contributed by atoms with E-state index in [2.05, 4.69) is 64.9 Å². The summed E-state index contributed by atoms with van der Waals surface area (Å²) in [5, 5.41) is 1.51. The van der Waals surface area contributed by atoms with Gasteiger partial charge in [0.05, 0.1) is 6.17 Å². The summed E-state index contributed by atoms with van der Waals surface area (Å²) in [4.78, 5) is 2.35. The Morgan fingerprint density at radius 2 is 1.44 bits per heavy atom. The van der Waals surface area contributed by atoms with Gasteiger partial charge in [-0.3, -0.25) is 0 Å². The predicted octanol–water partition coefficient (Wildman–Crippen LogP) is 3.60. The van der Waals surface area contributed by atoms with Crippen molar-refractivity contribution in [3.05, 3.63) is 57.6 Å². The lowest BCUT2D eigenvalue weighted by molar-refractivity contribution is 0.491. The van der Waals surface area contributed by atoms with Crippen molar-refractivity contribution in [3.8, 4) is 0 Å². The molecule has 7 heteroatoms. The van der Waals surface area contributed by atoms with Gasteiger partial charge >= 0.3 is 0 Å². The molecule has 1 fully saturated rings. The van der Waals surface area contributed by atoms with E-state index in [0.29, 0.717) is 0 Å². The quantitative estimate of drug-likeness (QED) is 0.658. The smallest absolute Gasteiger partial charge is 0.0876 e. The minimum Gasteiger partial charge on any atom is -0.341 e. The number of fused-ring (bicyclic) bond motifs is 2. The van der Waals surface area contributed by atoms with Crippen LogP contribution in [0, 0.1) is 0 Å². The van der Waals surface area contributed by atoms with Gasteiger partial charge in [0.25, 0.3) is 0 Å². The van der Waals surface area contributed by atoms with Gasteiger partial charge < -0.3 is 4.90 Å². The first-order valence-electron chi connectivity index (χ1n) is 8.35. The fourth-order valence-electron chi connectivity index (χ4n) is 3.69. The molecule has 0 amide bonds. The van der Waals surface area contributed by atoms with Gasteiger partial charge in [0.1, 0.15) is 0 Å². The lowest BCUT2D eigenvalue weighted by Gasteiger charge is -2.42. The molecule has 2 aromatic carbocycles. The molecule has 0 saturated carbocycles. The first-order valence-corrected chi connectivity index (χ1v) is 9.11. The highest BCUT2D eigenvalue weighted by Crippen LogP contribution is 2.50. The van der Waals surface area contributed by atoms with Gasteiger partial charge in [-0.2, -0.15) is 11.1 Å². The van der Waals surface area contributed by atoms with Gasteiger partial charge in [0.15, 0.2) is 0 Å². The molecule has 1 saturated heterocycles. The van der Waals surface area contributed by atoms with Crippen LogP contribution in [-0.2, 0) is 5.41 Å². The third kappa shape index (κ3) is 3.01. The summed E-state index contributed by atoms with van der Waals surface area (Å²) >= 11 is 12.6. The van der Waals surface area contributed by atoms with Crippen molar-refractivity contribution >= 4 is 34.6 Å². The zero-order valence-corrected chi connectivity index (χ0v) is 15.7. The van der Waals surface area contributed by atoms with Crippen molar-refractivity contribution in [2.75, 3.05) is 11.4 Å². The Hall–Kier alpha value is -1.34. The molecule has 25 heavy (non-hydrogen) atoms. The maximum atomic E-state index is 6.31. The minimum atomic E-state index is -0.163. The third-order valence-corrected chi connectivity index (χ3v) is 5.51. The van der Waals surface area contributed by atoms with E-state index in [0.717, 1.165) is 23.0 Å². The predicted molar refractivity (Wildman–Crippen MR) is 103 cm³/mol. The van der Waals surface area contributed by atoms with Crippen LogP contribution in [0.15, 0.2) is 36.4 Å². The minimum absolute atomic E-state index is 0.154. The van der Waals surface area contributed by atoms with E-state index in [4.69, 9.17) is 23.2 Å². The first-order chi connectivity index (χ1) is 12.0. The van der Waals surface area contributed by atoms with E-state index in [1.54, 1.807) is 0 Å². The van der Waals surface area contributed by atoms with Gasteiger partial charge in [-0.05, 0) is 53.9 Å². The number of benzene rings is 2. The second-order valence-electron chi connectivity index (χ2n) is 6.98. The van der Waals surface area contributed by atoms with Gasteiger partial charge in [-0.25, -0.2) is 10.9 Å². The molecule has 0 atom stereocenters. The summed E-state index contributed by atoms with van der Waals surface area (Å²) < 4.78 is 0. The molecule has 132 valence electrons. The fraction of sp³-hybridized carbons (Fsp3) is 0.333. The van der Waals surface area contributed by atoms with Crippen molar-refractivity contribution < 1.29 is 0 Å². The lowest BCUT2D eigenvalue weighted by atomic mass is 9.73. The standard InChI is InChI=1S/C18H21Cl2N5/c1-18(2)13-9-11(19)3-5-15(13)25(8-7-17-21-23-24-22-17)16-6-4-12(20)10-14(16)18/h3-6,9-10,17,21-24H,7-8H2,1-2H3. The summed E-state index contributed by atoms with van der Waals surface area (Å²) in [6.07, 6.45) is 1.06. The number of hydrogen-bond donors (Lipinski definition) is 4. The molecule has 4 N–H and O–H groups in total. The van der Waals surface area contributed by atoms with Crippen LogP contribution in [0.3, 0.4) is 0 Å². The van der Waals surface area contributed by atoms with Crippen molar-refractivity contribution in [1.29, 1.82) is 0 Å². The molecule has 4 rings (SSSR count). The van der Waals surface area contributed by atoms with E-state index in [9.17, 15) is 0 Å². The Bertz CT molecular complexity index is 747. The molecule has 2 aromatic rings. The van der Waals surface area contributed by atoms with Crippen LogP contribution in [-0.4, -0.2) is 12.7 Å². The monoisotopic (exact) mass is 377 g/mol. The summed E-state index contributed by atoms with van der Waals surface area (Å²) in [7, 11) is 0. The summed E-state index contributed by atoms with van der Waals surface area (Å²) in [6.45, 7) is 5.30. The van der Waals surface area contributed by atoms with Crippen LogP contribution in [0.5, 0.6) is 0 Å². The van der Waals surface area contributed by atoms with Crippen LogP contribution < -0.4 is 26.8 Å². The Morgan fingerprint density at radius 3 is 1.96 bits per heavy atom. The van der Waals surface area contributed by atoms with E-state index in [1.165, 1.54) is 22.5 Å². The second kappa shape index (κ2) is 6.43. The summed E-state index contributed by atoms with van der Waals surface area (Å²) in [5.41, 5.74) is 16.7. The van der Waals surface area contributed by atoms with Crippen LogP contribution in [0.2, 0.25) is 10.0 Å². The van der Waals surface area contributed by atoms with E-state index in [-0.39, 0.29) is 11.6 Å². The van der Waals surface area contributed by atoms with Gasteiger partial charge in [0, 0.05) is 33.4 Å². The normalized spacial score (nSPS) is 19.0. The third-order valence-electron chi connectivity index (χ3n) is 5.04. The maximum absolute atomic E-state index is 6.31. The van der Waals surface area contributed by atoms with Crippen molar-refractivity contribution in [3.63, 3.8) is 0 Å². The number of anilines is 2. The molecule has 0 radical (unpaired) electrons. The number of halogens is 2. The Balaban J connectivity index is 1.78. The molecule has 0 bridgehead atoms. The second-order valence-corrected chi connectivity index (χ2v) is 7.85. The number of hydrazine groups is 3. The van der Waals surface area contributed by atoms with Crippen molar-refractivity contribution in [1.82, 2.24) is 21.9 Å². The molecule has 5 nitrogen and oxygen atoms in total. The van der Waals surface area contributed by atoms with Gasteiger partial charge in [0.2, 0.25) is 0 Å². The molecule has 0 aromatic heterocycles. The summed E-state index contributed by atoms with van der Waals surface area (Å²) in [5.74, 6) is 0. The molecule has 2 heterocycles. The van der Waals surface area contributed by atoms with E-state index in [1.807, 2.05) is 12.1 Å². The number of nitrogens with one attached hydrogen (secondary N) is 4. The highest BCUT2D eigenvalue weighted by molar-refractivity contribution is 6.31. The Morgan fingerprint density at radius 1 is 0.920 bits per heavy atom. The number of nitrogens with zero attached hydrogens (tertiary/aromatic N) is 1. The topological polar surface area (TPSA) is 51.4 Å². The van der Waals surface area contributed by atoms with Crippen LogP contribution >= 0.6 is 23.2 Å². The Labute approximate surface area is 157 Å². The number of rotatable bonds is 3. The summed E-state index contributed by atoms with van der Waals surface area (Å²) in [6, 6.07) is 12.3. The molecular formula is C18H21Cl2N5. The zero-order chi connectivity index (χ0) is 17.6. The number of hydrogen-bond acceptors (Lipinski definition) is 5. The van der Waals surface area contributed by atoms with Crippen LogP contribution in [0.25, 0.3) is 0 Å². The Kier molecular flexibility index (Phi) is 4.40. The molecule has 0 unspecified atom stereocenters. The van der Waals surface area contributed by atoms with Crippen LogP contribution in [0.1, 0.15) is 31.4 Å². The van der Waals surface area contributed by atoms with Gasteiger partial charge in [-0.15, -0.1) is 0 Å². The molecule has 2 aliphatic rings. The first kappa shape index (κ1) is 17.1. The fourth-order valence-corrected chi connectivity index (χ4v) is 4.03. The average Bonchev–Trinajstić information content (AvgIpc) is 3.09.